The van der Waals surface area contributed by atoms with Crippen LogP contribution in [0.5, 0.6) is 5.75 Å². The molecule has 0 aliphatic carbocycles. The maximum absolute atomic E-state index is 11.9. The van der Waals surface area contributed by atoms with Crippen LogP contribution < -0.4 is 4.74 Å². The number of carbonyl (C=O) groups is 1. The van der Waals surface area contributed by atoms with Crippen LogP contribution >= 0.6 is 0 Å². The van der Waals surface area contributed by atoms with Crippen LogP contribution in [-0.2, 0) is 9.53 Å². The Bertz CT molecular complexity index is 960. The molecule has 0 radical (unpaired) electrons. The molecule has 2 aromatic carbocycles. The van der Waals surface area contributed by atoms with Gasteiger partial charge < -0.3 is 9.47 Å². The fourth-order valence-corrected chi connectivity index (χ4v) is 2.30. The first-order valence-electron chi connectivity index (χ1n) is 7.64. The minimum Gasteiger partial charge on any atom is -0.497 e. The van der Waals surface area contributed by atoms with Crippen molar-refractivity contribution in [3.8, 4) is 5.75 Å². The molecule has 130 valence electrons. The number of ether oxygens (including phenoxy) is 2. The largest absolute Gasteiger partial charge is 0.497 e. The van der Waals surface area contributed by atoms with Crippen LogP contribution in [0.15, 0.2) is 65.3 Å². The van der Waals surface area contributed by atoms with Crippen molar-refractivity contribution in [2.45, 2.75) is 0 Å². The number of hydrogen-bond acceptors (Lipinski definition) is 6. The van der Waals surface area contributed by atoms with E-state index in [1.807, 2.05) is 6.07 Å². The third-order valence-corrected chi connectivity index (χ3v) is 3.53. The second kappa shape index (κ2) is 7.43. The van der Waals surface area contributed by atoms with Gasteiger partial charge in [0.2, 0.25) is 5.90 Å². The van der Waals surface area contributed by atoms with E-state index in [1.165, 1.54) is 18.2 Å². The monoisotopic (exact) mass is 350 g/mol. The summed E-state index contributed by atoms with van der Waals surface area (Å²) in [5.74, 6) is 0.225. The van der Waals surface area contributed by atoms with Crippen molar-refractivity contribution in [3.63, 3.8) is 0 Å². The van der Waals surface area contributed by atoms with Crippen molar-refractivity contribution >= 4 is 29.7 Å². The normalized spacial score (nSPS) is 15.2. The molecule has 0 N–H and O–H groups in total. The van der Waals surface area contributed by atoms with Crippen molar-refractivity contribution in [1.29, 1.82) is 0 Å². The Hall–Kier alpha value is -3.74. The molecule has 3 rings (SSSR count). The van der Waals surface area contributed by atoms with E-state index in [9.17, 15) is 14.9 Å². The lowest BCUT2D eigenvalue weighted by Crippen LogP contribution is -2.01. The summed E-state index contributed by atoms with van der Waals surface area (Å²) < 4.78 is 10.2. The zero-order chi connectivity index (χ0) is 18.5. The zero-order valence-corrected chi connectivity index (χ0v) is 13.8. The highest BCUT2D eigenvalue weighted by molar-refractivity contribution is 6.11. The number of benzene rings is 2. The lowest BCUT2D eigenvalue weighted by molar-refractivity contribution is -0.384. The average Bonchev–Trinajstić information content (AvgIpc) is 3.00. The number of rotatable bonds is 5. The van der Waals surface area contributed by atoms with Gasteiger partial charge in [-0.05, 0) is 35.4 Å². The Balaban J connectivity index is 1.80. The molecule has 7 nitrogen and oxygen atoms in total. The van der Waals surface area contributed by atoms with Gasteiger partial charge in [-0.3, -0.25) is 10.1 Å². The lowest BCUT2D eigenvalue weighted by Gasteiger charge is -2.00. The zero-order valence-electron chi connectivity index (χ0n) is 13.8. The molecule has 0 saturated carbocycles. The molecule has 1 aliphatic heterocycles. The molecular weight excluding hydrogens is 336 g/mol. The summed E-state index contributed by atoms with van der Waals surface area (Å²) in [6, 6.07) is 13.3. The summed E-state index contributed by atoms with van der Waals surface area (Å²) in [7, 11) is 1.56. The number of esters is 1. The Morgan fingerprint density at radius 2 is 1.88 bits per heavy atom. The van der Waals surface area contributed by atoms with Crippen LogP contribution in [0.2, 0.25) is 0 Å². The Kier molecular flexibility index (Phi) is 4.89. The number of nitrogens with zero attached hydrogens (tertiary/aromatic N) is 2. The molecule has 0 fully saturated rings. The predicted molar refractivity (Wildman–Crippen MR) is 96.6 cm³/mol. The summed E-state index contributed by atoms with van der Waals surface area (Å²) in [4.78, 5) is 26.4. The van der Waals surface area contributed by atoms with Gasteiger partial charge in [0.15, 0.2) is 5.70 Å². The van der Waals surface area contributed by atoms with Crippen molar-refractivity contribution in [2.75, 3.05) is 7.11 Å². The molecule has 2 aromatic rings. The molecule has 0 unspecified atom stereocenters. The van der Waals surface area contributed by atoms with Gasteiger partial charge in [0.25, 0.3) is 5.69 Å². The van der Waals surface area contributed by atoms with Crippen molar-refractivity contribution in [3.05, 3.63) is 81.5 Å². The summed E-state index contributed by atoms with van der Waals surface area (Å²) in [5, 5.41) is 10.8. The van der Waals surface area contributed by atoms with Crippen LogP contribution in [0.3, 0.4) is 0 Å². The first-order valence-corrected chi connectivity index (χ1v) is 7.64. The molecule has 1 heterocycles. The van der Waals surface area contributed by atoms with Crippen molar-refractivity contribution in [1.82, 2.24) is 0 Å². The number of nitro benzene ring substituents is 1. The van der Waals surface area contributed by atoms with E-state index in [0.717, 1.165) is 5.56 Å². The molecular formula is C19H14N2O5. The van der Waals surface area contributed by atoms with E-state index in [2.05, 4.69) is 4.99 Å². The molecule has 0 bridgehead atoms. The van der Waals surface area contributed by atoms with E-state index < -0.39 is 10.9 Å². The Labute approximate surface area is 149 Å². The minimum atomic E-state index is -0.563. The highest BCUT2D eigenvalue weighted by atomic mass is 16.6. The molecule has 0 aromatic heterocycles. The van der Waals surface area contributed by atoms with Gasteiger partial charge in [-0.2, -0.15) is 0 Å². The van der Waals surface area contributed by atoms with Crippen LogP contribution in [0, 0.1) is 10.1 Å². The SMILES string of the molecule is COc1cccc(/C=C2N=C(/C=C/c3cccc([N+](=O)[O-])c3)OC\2=O)c1. The predicted octanol–water partition coefficient (Wildman–Crippen LogP) is 3.61. The lowest BCUT2D eigenvalue weighted by atomic mass is 10.2. The Morgan fingerprint density at radius 3 is 2.65 bits per heavy atom. The molecule has 0 spiro atoms. The first-order chi connectivity index (χ1) is 12.5. The quantitative estimate of drug-likeness (QED) is 0.355. The van der Waals surface area contributed by atoms with E-state index in [-0.39, 0.29) is 17.3 Å². The van der Waals surface area contributed by atoms with E-state index in [4.69, 9.17) is 9.47 Å². The second-order valence-electron chi connectivity index (χ2n) is 5.33. The fraction of sp³-hybridized carbons (Fsp3) is 0.0526. The van der Waals surface area contributed by atoms with Crippen molar-refractivity contribution < 1.29 is 19.2 Å². The number of non-ortho nitro benzene ring substituents is 1. The molecule has 1 aliphatic rings. The average molecular weight is 350 g/mol. The highest BCUT2D eigenvalue weighted by Gasteiger charge is 2.21. The number of carbonyl (C=O) groups excluding carboxylic acids is 1. The van der Waals surface area contributed by atoms with Gasteiger partial charge in [-0.1, -0.05) is 24.3 Å². The summed E-state index contributed by atoms with van der Waals surface area (Å²) in [6.45, 7) is 0. The van der Waals surface area contributed by atoms with Gasteiger partial charge in [-0.25, -0.2) is 9.79 Å². The molecule has 0 amide bonds. The first kappa shape index (κ1) is 17.1. The summed E-state index contributed by atoms with van der Waals surface area (Å²) in [6.07, 6.45) is 4.68. The Morgan fingerprint density at radius 1 is 1.12 bits per heavy atom. The number of aliphatic imine (C=N–C) groups is 1. The van der Waals surface area contributed by atoms with Crippen molar-refractivity contribution in [2.24, 2.45) is 4.99 Å². The molecule has 7 heteroatoms. The van der Waals surface area contributed by atoms with E-state index in [0.29, 0.717) is 11.3 Å². The third-order valence-electron chi connectivity index (χ3n) is 3.53. The number of nitro groups is 1. The van der Waals surface area contributed by atoms with Gasteiger partial charge in [-0.15, -0.1) is 0 Å². The number of methoxy groups -OCH3 is 1. The summed E-state index contributed by atoms with van der Waals surface area (Å²) in [5.41, 5.74) is 1.50. The fourth-order valence-electron chi connectivity index (χ4n) is 2.30. The van der Waals surface area contributed by atoms with Gasteiger partial charge >= 0.3 is 5.97 Å². The standard InChI is InChI=1S/C19H14N2O5/c1-25-16-7-3-5-14(11-16)12-17-19(22)26-18(20-17)9-8-13-4-2-6-15(10-13)21(23)24/h2-12H,1H3/b9-8+,17-12-. The molecule has 26 heavy (non-hydrogen) atoms. The minimum absolute atomic E-state index is 0.0175. The maximum atomic E-state index is 11.9. The van der Waals surface area contributed by atoms with E-state index >= 15 is 0 Å². The van der Waals surface area contributed by atoms with Crippen LogP contribution in [0.1, 0.15) is 11.1 Å². The smallest absolute Gasteiger partial charge is 0.363 e. The molecule has 0 atom stereocenters. The third kappa shape index (κ3) is 4.02. The highest BCUT2D eigenvalue weighted by Crippen LogP contribution is 2.20. The van der Waals surface area contributed by atoms with Gasteiger partial charge in [0.05, 0.1) is 12.0 Å². The van der Waals surface area contributed by atoms with Gasteiger partial charge in [0.1, 0.15) is 5.75 Å². The van der Waals surface area contributed by atoms with Gasteiger partial charge in [0, 0.05) is 18.2 Å². The second-order valence-corrected chi connectivity index (χ2v) is 5.33. The number of cyclic esters (lactones) is 1. The van der Waals surface area contributed by atoms with E-state index in [1.54, 1.807) is 49.6 Å². The topological polar surface area (TPSA) is 91.0 Å². The van der Waals surface area contributed by atoms with Crippen LogP contribution in [-0.4, -0.2) is 23.9 Å². The van der Waals surface area contributed by atoms with Crippen LogP contribution in [0.25, 0.3) is 12.2 Å². The summed E-state index contributed by atoms with van der Waals surface area (Å²) >= 11 is 0. The van der Waals surface area contributed by atoms with Crippen LogP contribution in [0.4, 0.5) is 5.69 Å². The number of hydrogen-bond donors (Lipinski definition) is 0. The maximum Gasteiger partial charge on any atom is 0.363 e. The molecule has 0 saturated heterocycles.